The Morgan fingerprint density at radius 1 is 0.931 bits per heavy atom. The summed E-state index contributed by atoms with van der Waals surface area (Å²) in [5.74, 6) is 0.380. The molecule has 0 unspecified atom stereocenters. The van der Waals surface area contributed by atoms with E-state index in [9.17, 15) is 14.7 Å². The predicted molar refractivity (Wildman–Crippen MR) is 115 cm³/mol. The standard InChI is InChI=1S/C23H23N3O3/c1-14(2)16-10-11-19(27)17(12-16)26-13-18-20(21(26)15-8-6-5-7-9-15)22(28)25(4)23(29)24(18)3/h5-14,27H,1-4H3. The summed E-state index contributed by atoms with van der Waals surface area (Å²) in [5, 5.41) is 11.1. The van der Waals surface area contributed by atoms with Crippen molar-refractivity contribution in [2.24, 2.45) is 14.1 Å². The highest BCUT2D eigenvalue weighted by molar-refractivity contribution is 5.95. The summed E-state index contributed by atoms with van der Waals surface area (Å²) in [6.45, 7) is 4.17. The molecule has 4 rings (SSSR count). The largest absolute Gasteiger partial charge is 0.506 e. The summed E-state index contributed by atoms with van der Waals surface area (Å²) in [6, 6.07) is 15.0. The average Bonchev–Trinajstić information content (AvgIpc) is 3.12. The lowest BCUT2D eigenvalue weighted by Crippen LogP contribution is -2.36. The molecule has 1 N–H and O–H groups in total. The Hall–Kier alpha value is -3.54. The molecule has 4 aromatic rings. The minimum Gasteiger partial charge on any atom is -0.506 e. The first-order valence-corrected chi connectivity index (χ1v) is 9.51. The lowest BCUT2D eigenvalue weighted by Gasteiger charge is -2.14. The average molecular weight is 389 g/mol. The molecule has 2 aromatic carbocycles. The second-order valence-electron chi connectivity index (χ2n) is 7.58. The van der Waals surface area contributed by atoms with Crippen LogP contribution in [0, 0.1) is 0 Å². The van der Waals surface area contributed by atoms with Gasteiger partial charge in [0.15, 0.2) is 0 Å². The van der Waals surface area contributed by atoms with E-state index in [0.29, 0.717) is 22.3 Å². The topological polar surface area (TPSA) is 69.2 Å². The number of fused-ring (bicyclic) bond motifs is 1. The van der Waals surface area contributed by atoms with Crippen LogP contribution >= 0.6 is 0 Å². The van der Waals surface area contributed by atoms with E-state index in [2.05, 4.69) is 13.8 Å². The molecule has 6 heteroatoms. The van der Waals surface area contributed by atoms with E-state index >= 15 is 0 Å². The highest BCUT2D eigenvalue weighted by atomic mass is 16.3. The molecule has 2 aromatic heterocycles. The molecule has 0 saturated heterocycles. The van der Waals surface area contributed by atoms with Crippen LogP contribution in [0.2, 0.25) is 0 Å². The zero-order chi connectivity index (χ0) is 20.9. The molecule has 0 aliphatic rings. The Morgan fingerprint density at radius 3 is 2.28 bits per heavy atom. The van der Waals surface area contributed by atoms with Crippen molar-refractivity contribution in [3.05, 3.63) is 81.1 Å². The van der Waals surface area contributed by atoms with Crippen molar-refractivity contribution < 1.29 is 5.11 Å². The van der Waals surface area contributed by atoms with Crippen LogP contribution in [0.5, 0.6) is 5.75 Å². The van der Waals surface area contributed by atoms with Crippen molar-refractivity contribution in [1.29, 1.82) is 0 Å². The van der Waals surface area contributed by atoms with Crippen LogP contribution in [-0.2, 0) is 14.1 Å². The van der Waals surface area contributed by atoms with Crippen LogP contribution in [0.1, 0.15) is 25.3 Å². The Balaban J connectivity index is 2.21. The summed E-state index contributed by atoms with van der Waals surface area (Å²) >= 11 is 0. The number of rotatable bonds is 3. The molecule has 0 saturated carbocycles. The number of phenols is 1. The van der Waals surface area contributed by atoms with Crippen molar-refractivity contribution >= 4 is 10.9 Å². The summed E-state index contributed by atoms with van der Waals surface area (Å²) < 4.78 is 4.38. The number of aryl methyl sites for hydroxylation is 1. The monoisotopic (exact) mass is 389 g/mol. The summed E-state index contributed by atoms with van der Waals surface area (Å²) in [5.41, 5.74) is 2.88. The zero-order valence-corrected chi connectivity index (χ0v) is 16.9. The van der Waals surface area contributed by atoms with E-state index in [1.54, 1.807) is 19.3 Å². The number of hydrogen-bond donors (Lipinski definition) is 1. The van der Waals surface area contributed by atoms with Gasteiger partial charge in [-0.2, -0.15) is 0 Å². The maximum absolute atomic E-state index is 13.1. The molecule has 6 nitrogen and oxygen atoms in total. The van der Waals surface area contributed by atoms with Gasteiger partial charge in [0.25, 0.3) is 5.56 Å². The number of phenolic OH excluding ortho intramolecular Hbond substituents is 1. The smallest absolute Gasteiger partial charge is 0.330 e. The van der Waals surface area contributed by atoms with Gasteiger partial charge in [0, 0.05) is 20.3 Å². The summed E-state index contributed by atoms with van der Waals surface area (Å²) in [6.07, 6.45) is 1.75. The van der Waals surface area contributed by atoms with Crippen LogP contribution < -0.4 is 11.2 Å². The van der Waals surface area contributed by atoms with Gasteiger partial charge in [0.05, 0.1) is 22.3 Å². The van der Waals surface area contributed by atoms with Crippen LogP contribution in [0.4, 0.5) is 0 Å². The van der Waals surface area contributed by atoms with Crippen molar-refractivity contribution in [2.75, 3.05) is 0 Å². The predicted octanol–water partition coefficient (Wildman–Crippen LogP) is 3.52. The van der Waals surface area contributed by atoms with Gasteiger partial charge in [-0.3, -0.25) is 13.9 Å². The fraction of sp³-hybridized carbons (Fsp3) is 0.217. The molecule has 0 fully saturated rings. The van der Waals surface area contributed by atoms with Gasteiger partial charge in [0.1, 0.15) is 5.75 Å². The molecule has 0 aliphatic carbocycles. The normalized spacial score (nSPS) is 11.5. The number of aromatic nitrogens is 3. The third kappa shape index (κ3) is 2.88. The van der Waals surface area contributed by atoms with Crippen LogP contribution in [0.15, 0.2) is 64.3 Å². The molecule has 148 valence electrons. The third-order valence-corrected chi connectivity index (χ3v) is 5.41. The maximum atomic E-state index is 13.1. The van der Waals surface area contributed by atoms with Crippen molar-refractivity contribution in [3.8, 4) is 22.7 Å². The highest BCUT2D eigenvalue weighted by Gasteiger charge is 2.21. The summed E-state index contributed by atoms with van der Waals surface area (Å²) in [7, 11) is 3.13. The van der Waals surface area contributed by atoms with E-state index in [-0.39, 0.29) is 22.9 Å². The van der Waals surface area contributed by atoms with Gasteiger partial charge in [-0.1, -0.05) is 50.2 Å². The highest BCUT2D eigenvalue weighted by Crippen LogP contribution is 2.35. The van der Waals surface area contributed by atoms with E-state index in [0.717, 1.165) is 15.7 Å². The lowest BCUT2D eigenvalue weighted by molar-refractivity contribution is 0.472. The Bertz CT molecular complexity index is 1340. The SMILES string of the molecule is CC(C)c1ccc(O)c(-n2cc3c(c2-c2ccccc2)c(=O)n(C)c(=O)n3C)c1. The first-order valence-electron chi connectivity index (χ1n) is 9.51. The first-order chi connectivity index (χ1) is 13.8. The van der Waals surface area contributed by atoms with Gasteiger partial charge in [-0.05, 0) is 29.2 Å². The molecule has 0 aliphatic heterocycles. The van der Waals surface area contributed by atoms with Crippen LogP contribution in [-0.4, -0.2) is 18.8 Å². The lowest BCUT2D eigenvalue weighted by atomic mass is 10.0. The van der Waals surface area contributed by atoms with Crippen LogP contribution in [0.25, 0.3) is 27.8 Å². The molecule has 2 heterocycles. The van der Waals surface area contributed by atoms with E-state index < -0.39 is 0 Å². The third-order valence-electron chi connectivity index (χ3n) is 5.41. The summed E-state index contributed by atoms with van der Waals surface area (Å²) in [4.78, 5) is 25.5. The molecule has 0 spiro atoms. The van der Waals surface area contributed by atoms with Crippen molar-refractivity contribution in [1.82, 2.24) is 13.7 Å². The number of aromatic hydroxyl groups is 1. The quantitative estimate of drug-likeness (QED) is 0.583. The maximum Gasteiger partial charge on any atom is 0.330 e. The Labute approximate surface area is 167 Å². The minimum atomic E-state index is -0.389. The van der Waals surface area contributed by atoms with E-state index in [1.165, 1.54) is 11.6 Å². The van der Waals surface area contributed by atoms with Gasteiger partial charge in [-0.25, -0.2) is 4.79 Å². The molecule has 0 radical (unpaired) electrons. The second-order valence-corrected chi connectivity index (χ2v) is 7.58. The molecule has 0 amide bonds. The molecule has 0 atom stereocenters. The second kappa shape index (κ2) is 6.81. The number of nitrogens with zero attached hydrogens (tertiary/aromatic N) is 3. The van der Waals surface area contributed by atoms with E-state index in [4.69, 9.17) is 0 Å². The Morgan fingerprint density at radius 2 is 1.62 bits per heavy atom. The van der Waals surface area contributed by atoms with E-state index in [1.807, 2.05) is 47.0 Å². The zero-order valence-electron chi connectivity index (χ0n) is 16.9. The van der Waals surface area contributed by atoms with Crippen LogP contribution in [0.3, 0.4) is 0 Å². The molecule has 29 heavy (non-hydrogen) atoms. The molecule has 0 bridgehead atoms. The molecular formula is C23H23N3O3. The van der Waals surface area contributed by atoms with Crippen molar-refractivity contribution in [2.45, 2.75) is 19.8 Å². The van der Waals surface area contributed by atoms with Gasteiger partial charge < -0.3 is 9.67 Å². The minimum absolute atomic E-state index is 0.105. The fourth-order valence-corrected chi connectivity index (χ4v) is 3.70. The van der Waals surface area contributed by atoms with Gasteiger partial charge in [0.2, 0.25) is 0 Å². The van der Waals surface area contributed by atoms with Gasteiger partial charge >= 0.3 is 5.69 Å². The molecular weight excluding hydrogens is 366 g/mol. The number of benzene rings is 2. The number of hydrogen-bond acceptors (Lipinski definition) is 3. The fourth-order valence-electron chi connectivity index (χ4n) is 3.70. The van der Waals surface area contributed by atoms with Gasteiger partial charge in [-0.15, -0.1) is 0 Å². The van der Waals surface area contributed by atoms with Crippen molar-refractivity contribution in [3.63, 3.8) is 0 Å². The Kier molecular flexibility index (Phi) is 4.42. The first kappa shape index (κ1) is 18.8.